The molecule has 0 radical (unpaired) electrons. The standard InChI is InChI=1S/C13H19N5/c1-5-6-11-12(14)15-7-16-13(11)18-10(4)8(2)9(3)17-18/h7H,5-6H2,1-4H3,(H2,14,15,16). The first-order chi connectivity index (χ1) is 8.56. The van der Waals surface area contributed by atoms with Gasteiger partial charge in [0, 0.05) is 11.3 Å². The van der Waals surface area contributed by atoms with Gasteiger partial charge in [0.05, 0.1) is 5.69 Å². The van der Waals surface area contributed by atoms with Gasteiger partial charge in [-0.15, -0.1) is 0 Å². The first-order valence-corrected chi connectivity index (χ1v) is 6.18. The Kier molecular flexibility index (Phi) is 3.32. The average Bonchev–Trinajstić information content (AvgIpc) is 2.60. The van der Waals surface area contributed by atoms with Gasteiger partial charge in [-0.25, -0.2) is 14.6 Å². The predicted molar refractivity (Wildman–Crippen MR) is 71.8 cm³/mol. The molecule has 0 saturated carbocycles. The van der Waals surface area contributed by atoms with Crippen molar-refractivity contribution < 1.29 is 0 Å². The monoisotopic (exact) mass is 245 g/mol. The van der Waals surface area contributed by atoms with Crippen LogP contribution in [-0.2, 0) is 6.42 Å². The molecule has 0 aliphatic rings. The molecule has 2 rings (SSSR count). The van der Waals surface area contributed by atoms with Gasteiger partial charge in [0.1, 0.15) is 12.1 Å². The molecule has 2 aromatic heterocycles. The molecule has 0 unspecified atom stereocenters. The van der Waals surface area contributed by atoms with Crippen LogP contribution in [0.15, 0.2) is 6.33 Å². The van der Waals surface area contributed by atoms with Crippen LogP contribution in [0.1, 0.15) is 35.9 Å². The lowest BCUT2D eigenvalue weighted by molar-refractivity contribution is 0.773. The highest BCUT2D eigenvalue weighted by Gasteiger charge is 2.15. The van der Waals surface area contributed by atoms with Crippen LogP contribution in [0.5, 0.6) is 0 Å². The van der Waals surface area contributed by atoms with Crippen molar-refractivity contribution in [3.8, 4) is 5.82 Å². The molecule has 0 fully saturated rings. The third-order valence-electron chi connectivity index (χ3n) is 3.31. The summed E-state index contributed by atoms with van der Waals surface area (Å²) in [4.78, 5) is 8.42. The summed E-state index contributed by atoms with van der Waals surface area (Å²) in [6, 6.07) is 0. The van der Waals surface area contributed by atoms with Crippen LogP contribution in [0.3, 0.4) is 0 Å². The molecule has 2 heterocycles. The minimum Gasteiger partial charge on any atom is -0.383 e. The highest BCUT2D eigenvalue weighted by Crippen LogP contribution is 2.21. The quantitative estimate of drug-likeness (QED) is 0.899. The molecular weight excluding hydrogens is 226 g/mol. The summed E-state index contributed by atoms with van der Waals surface area (Å²) < 4.78 is 1.87. The number of hydrogen-bond acceptors (Lipinski definition) is 4. The van der Waals surface area contributed by atoms with Crippen molar-refractivity contribution >= 4 is 5.82 Å². The van der Waals surface area contributed by atoms with E-state index in [4.69, 9.17) is 5.73 Å². The fourth-order valence-corrected chi connectivity index (χ4v) is 2.02. The van der Waals surface area contributed by atoms with Gasteiger partial charge in [-0.1, -0.05) is 13.3 Å². The van der Waals surface area contributed by atoms with Crippen molar-refractivity contribution in [2.24, 2.45) is 0 Å². The molecule has 5 heteroatoms. The zero-order valence-corrected chi connectivity index (χ0v) is 11.4. The maximum absolute atomic E-state index is 5.95. The molecule has 0 atom stereocenters. The van der Waals surface area contributed by atoms with Crippen LogP contribution < -0.4 is 5.73 Å². The Morgan fingerprint density at radius 2 is 1.94 bits per heavy atom. The molecule has 2 aromatic rings. The summed E-state index contributed by atoms with van der Waals surface area (Å²) in [6.45, 7) is 8.23. The van der Waals surface area contributed by atoms with Gasteiger partial charge < -0.3 is 5.73 Å². The zero-order chi connectivity index (χ0) is 13.3. The molecule has 0 aliphatic heterocycles. The normalized spacial score (nSPS) is 10.9. The minimum atomic E-state index is 0.548. The average molecular weight is 245 g/mol. The second kappa shape index (κ2) is 4.76. The molecular formula is C13H19N5. The van der Waals surface area contributed by atoms with Crippen molar-refractivity contribution in [1.29, 1.82) is 0 Å². The van der Waals surface area contributed by atoms with Gasteiger partial charge in [0.15, 0.2) is 5.82 Å². The van der Waals surface area contributed by atoms with Gasteiger partial charge in [-0.2, -0.15) is 5.10 Å². The molecule has 0 amide bonds. The molecule has 0 bridgehead atoms. The van der Waals surface area contributed by atoms with Crippen molar-refractivity contribution in [1.82, 2.24) is 19.7 Å². The van der Waals surface area contributed by atoms with Gasteiger partial charge in [-0.05, 0) is 32.8 Å². The largest absolute Gasteiger partial charge is 0.383 e. The lowest BCUT2D eigenvalue weighted by Gasteiger charge is -2.11. The van der Waals surface area contributed by atoms with Crippen LogP contribution in [0.2, 0.25) is 0 Å². The molecule has 0 aliphatic carbocycles. The zero-order valence-electron chi connectivity index (χ0n) is 11.4. The van der Waals surface area contributed by atoms with Crippen LogP contribution in [0.4, 0.5) is 5.82 Å². The predicted octanol–water partition coefficient (Wildman–Crippen LogP) is 2.12. The Bertz CT molecular complexity index is 571. The summed E-state index contributed by atoms with van der Waals surface area (Å²) in [5.41, 5.74) is 10.2. The number of hydrogen-bond donors (Lipinski definition) is 1. The molecule has 96 valence electrons. The first-order valence-electron chi connectivity index (χ1n) is 6.18. The van der Waals surface area contributed by atoms with Crippen molar-refractivity contribution in [2.75, 3.05) is 5.73 Å². The summed E-state index contributed by atoms with van der Waals surface area (Å²) in [5, 5.41) is 4.53. The van der Waals surface area contributed by atoms with E-state index in [1.165, 1.54) is 11.9 Å². The van der Waals surface area contributed by atoms with E-state index in [0.717, 1.165) is 35.6 Å². The maximum Gasteiger partial charge on any atom is 0.162 e. The fraction of sp³-hybridized carbons (Fsp3) is 0.462. The van der Waals surface area contributed by atoms with Crippen molar-refractivity contribution in [2.45, 2.75) is 40.5 Å². The van der Waals surface area contributed by atoms with E-state index >= 15 is 0 Å². The van der Waals surface area contributed by atoms with Crippen LogP contribution in [-0.4, -0.2) is 19.7 Å². The molecule has 2 N–H and O–H groups in total. The minimum absolute atomic E-state index is 0.548. The summed E-state index contributed by atoms with van der Waals surface area (Å²) >= 11 is 0. The molecule has 0 spiro atoms. The van der Waals surface area contributed by atoms with E-state index in [2.05, 4.69) is 28.9 Å². The van der Waals surface area contributed by atoms with Crippen LogP contribution >= 0.6 is 0 Å². The van der Waals surface area contributed by atoms with Gasteiger partial charge in [-0.3, -0.25) is 0 Å². The van der Waals surface area contributed by atoms with E-state index in [9.17, 15) is 0 Å². The number of aryl methyl sites for hydroxylation is 1. The summed E-state index contributed by atoms with van der Waals surface area (Å²) in [7, 11) is 0. The van der Waals surface area contributed by atoms with Crippen LogP contribution in [0, 0.1) is 20.8 Å². The summed E-state index contributed by atoms with van der Waals surface area (Å²) in [6.07, 6.45) is 3.36. The third kappa shape index (κ3) is 1.96. The second-order valence-corrected chi connectivity index (χ2v) is 4.52. The number of nitrogens with two attached hydrogens (primary N) is 1. The lowest BCUT2D eigenvalue weighted by Crippen LogP contribution is -2.10. The van der Waals surface area contributed by atoms with E-state index in [1.54, 1.807) is 0 Å². The lowest BCUT2D eigenvalue weighted by atomic mass is 10.1. The van der Waals surface area contributed by atoms with Gasteiger partial charge >= 0.3 is 0 Å². The molecule has 0 aromatic carbocycles. The number of nitrogens with zero attached hydrogens (tertiary/aromatic N) is 4. The number of aromatic nitrogens is 4. The highest BCUT2D eigenvalue weighted by atomic mass is 15.3. The van der Waals surface area contributed by atoms with Crippen molar-refractivity contribution in [3.05, 3.63) is 28.8 Å². The van der Waals surface area contributed by atoms with Crippen LogP contribution in [0.25, 0.3) is 5.82 Å². The Labute approximate surface area is 107 Å². The molecule has 18 heavy (non-hydrogen) atoms. The first kappa shape index (κ1) is 12.5. The Morgan fingerprint density at radius 1 is 1.22 bits per heavy atom. The number of anilines is 1. The second-order valence-electron chi connectivity index (χ2n) is 4.52. The molecule has 0 saturated heterocycles. The Morgan fingerprint density at radius 3 is 2.50 bits per heavy atom. The van der Waals surface area contributed by atoms with Crippen molar-refractivity contribution in [3.63, 3.8) is 0 Å². The number of rotatable bonds is 3. The van der Waals surface area contributed by atoms with E-state index in [0.29, 0.717) is 5.82 Å². The van der Waals surface area contributed by atoms with E-state index in [-0.39, 0.29) is 0 Å². The SMILES string of the molecule is CCCc1c(N)ncnc1-n1nc(C)c(C)c1C. The highest BCUT2D eigenvalue weighted by molar-refractivity contribution is 5.49. The third-order valence-corrected chi connectivity index (χ3v) is 3.31. The topological polar surface area (TPSA) is 69.6 Å². The smallest absolute Gasteiger partial charge is 0.162 e. The summed E-state index contributed by atoms with van der Waals surface area (Å²) in [5.74, 6) is 1.35. The Hall–Kier alpha value is -1.91. The van der Waals surface area contributed by atoms with E-state index < -0.39 is 0 Å². The maximum atomic E-state index is 5.95. The van der Waals surface area contributed by atoms with Gasteiger partial charge in [0.2, 0.25) is 0 Å². The van der Waals surface area contributed by atoms with E-state index in [1.807, 2.05) is 18.5 Å². The Balaban J connectivity index is 2.63. The fourth-order valence-electron chi connectivity index (χ4n) is 2.02. The number of nitrogen functional groups attached to an aromatic ring is 1. The molecule has 5 nitrogen and oxygen atoms in total. The van der Waals surface area contributed by atoms with Gasteiger partial charge in [0.25, 0.3) is 0 Å².